The molecule has 0 spiro atoms. The van der Waals surface area contributed by atoms with E-state index in [0.717, 1.165) is 12.8 Å². The fraction of sp³-hybridized carbons (Fsp3) is 0.0588. The van der Waals surface area contributed by atoms with Crippen molar-refractivity contribution in [3.63, 3.8) is 0 Å². The monoisotopic (exact) mass is 562 g/mol. The molecule has 1 saturated heterocycles. The second kappa shape index (κ2) is 6.96. The number of phenols is 1. The van der Waals surface area contributed by atoms with Gasteiger partial charge in [0.2, 0.25) is 0 Å². The van der Waals surface area contributed by atoms with Crippen molar-refractivity contribution in [1.29, 1.82) is 0 Å². The van der Waals surface area contributed by atoms with Gasteiger partial charge in [-0.2, -0.15) is 0 Å². The summed E-state index contributed by atoms with van der Waals surface area (Å²) in [6, 6.07) is 13.0. The fourth-order valence-corrected chi connectivity index (χ4v) is 4.58. The molecule has 0 aromatic heterocycles. The number of rotatable bonds is 2. The van der Waals surface area contributed by atoms with Crippen LogP contribution in [0.5, 0.6) is 5.75 Å². The number of anilines is 1. The predicted molar refractivity (Wildman–Crippen MR) is 116 cm³/mol. The molecule has 0 radical (unpaired) electrons. The Labute approximate surface area is 172 Å². The lowest BCUT2D eigenvalue weighted by Gasteiger charge is -2.16. The van der Waals surface area contributed by atoms with Gasteiger partial charge in [-0.25, -0.2) is 0 Å². The number of halogens is 2. The molecule has 0 bridgehead atoms. The number of phenolic OH excluding ortho intramolecular Hbond substituents is 1. The molecule has 4 nitrogen and oxygen atoms in total. The Morgan fingerprint density at radius 3 is 2.50 bits per heavy atom. The molecule has 3 rings (SSSR count). The number of carbonyl (C=O) groups excluding carboxylic acids is 1. The van der Waals surface area contributed by atoms with Gasteiger partial charge in [0, 0.05) is 16.2 Å². The lowest BCUT2D eigenvalue weighted by molar-refractivity contribution is -0.114. The first-order chi connectivity index (χ1) is 11.4. The van der Waals surface area contributed by atoms with Crippen LogP contribution in [0.1, 0.15) is 5.56 Å². The van der Waals surface area contributed by atoms with Crippen LogP contribution in [0, 0.1) is 7.14 Å². The molecular formula is C17H12I2N2O2S. The summed E-state index contributed by atoms with van der Waals surface area (Å²) in [5, 5.41) is 10.7. The molecule has 1 fully saturated rings. The van der Waals surface area contributed by atoms with Crippen LogP contribution in [-0.4, -0.2) is 28.1 Å². The average Bonchev–Trinajstić information content (AvgIpc) is 2.76. The number of carbonyl (C=O) groups is 1. The van der Waals surface area contributed by atoms with Gasteiger partial charge in [0.15, 0.2) is 5.11 Å². The molecule has 0 atom stereocenters. The third-order valence-corrected chi connectivity index (χ3v) is 5.53. The third-order valence-electron chi connectivity index (χ3n) is 3.63. The van der Waals surface area contributed by atoms with Gasteiger partial charge < -0.3 is 10.0 Å². The smallest absolute Gasteiger partial charge is 0.281 e. The quantitative estimate of drug-likeness (QED) is 0.339. The summed E-state index contributed by atoms with van der Waals surface area (Å²) in [7, 11) is 1.75. The van der Waals surface area contributed by atoms with Crippen LogP contribution in [0.3, 0.4) is 0 Å². The highest BCUT2D eigenvalue weighted by Gasteiger charge is 2.36. The maximum absolute atomic E-state index is 12.9. The number of likely N-dealkylation sites (N-methyl/N-ethyl adjacent to an activating group) is 1. The summed E-state index contributed by atoms with van der Waals surface area (Å²) < 4.78 is 1.72. The maximum atomic E-state index is 12.9. The highest BCUT2D eigenvalue weighted by molar-refractivity contribution is 14.1. The Morgan fingerprint density at radius 2 is 1.83 bits per heavy atom. The van der Waals surface area contributed by atoms with Crippen molar-refractivity contribution >= 4 is 80.2 Å². The van der Waals surface area contributed by atoms with Gasteiger partial charge in [-0.05, 0) is 87.7 Å². The largest absolute Gasteiger partial charge is 0.506 e. The molecule has 1 aliphatic heterocycles. The Bertz CT molecular complexity index is 868. The van der Waals surface area contributed by atoms with Crippen molar-refractivity contribution < 1.29 is 9.90 Å². The van der Waals surface area contributed by atoms with E-state index in [-0.39, 0.29) is 11.7 Å². The lowest BCUT2D eigenvalue weighted by atomic mass is 10.1. The molecule has 1 N–H and O–H groups in total. The maximum Gasteiger partial charge on any atom is 0.281 e. The van der Waals surface area contributed by atoms with Gasteiger partial charge in [0.1, 0.15) is 11.4 Å². The third kappa shape index (κ3) is 3.16. The molecule has 1 heterocycles. The lowest BCUT2D eigenvalue weighted by Crippen LogP contribution is -2.30. The van der Waals surface area contributed by atoms with Crippen molar-refractivity contribution in [3.8, 4) is 5.75 Å². The summed E-state index contributed by atoms with van der Waals surface area (Å²) in [5.74, 6) is -0.0456. The molecule has 24 heavy (non-hydrogen) atoms. The molecule has 122 valence electrons. The first-order valence-electron chi connectivity index (χ1n) is 6.97. The van der Waals surface area contributed by atoms with Crippen molar-refractivity contribution in [2.45, 2.75) is 0 Å². The number of benzene rings is 2. The van der Waals surface area contributed by atoms with E-state index in [1.807, 2.05) is 42.5 Å². The molecule has 0 aliphatic carbocycles. The molecular weight excluding hydrogens is 550 g/mol. The van der Waals surface area contributed by atoms with Gasteiger partial charge in [-0.1, -0.05) is 18.2 Å². The number of hydrogen-bond donors (Lipinski definition) is 1. The van der Waals surface area contributed by atoms with E-state index in [0.29, 0.717) is 16.4 Å². The number of hydrogen-bond acceptors (Lipinski definition) is 3. The summed E-state index contributed by atoms with van der Waals surface area (Å²) in [6.45, 7) is 0. The molecule has 0 saturated carbocycles. The first-order valence-corrected chi connectivity index (χ1v) is 9.53. The first kappa shape index (κ1) is 17.6. The standard InChI is InChI=1S/C17H12I2N2O2S/c1-20-14(8-10-7-11(18)9-13(19)15(10)22)16(23)21(17(20)24)12-5-3-2-4-6-12/h2-9,22H,1H3/b14-8-. The molecule has 2 aromatic rings. The number of aromatic hydroxyl groups is 1. The number of amides is 1. The number of thiocarbonyl (C=S) groups is 1. The number of para-hydroxylation sites is 1. The van der Waals surface area contributed by atoms with Gasteiger partial charge in [-0.3, -0.25) is 9.69 Å². The zero-order chi connectivity index (χ0) is 17.4. The van der Waals surface area contributed by atoms with Gasteiger partial charge in [-0.15, -0.1) is 0 Å². The summed E-state index contributed by atoms with van der Waals surface area (Å²) in [6.07, 6.45) is 1.68. The van der Waals surface area contributed by atoms with Crippen LogP contribution in [0.25, 0.3) is 6.08 Å². The zero-order valence-electron chi connectivity index (χ0n) is 12.5. The van der Waals surface area contributed by atoms with E-state index in [2.05, 4.69) is 45.2 Å². The Hall–Kier alpha value is -1.20. The average molecular weight is 562 g/mol. The van der Waals surface area contributed by atoms with E-state index in [9.17, 15) is 9.90 Å². The van der Waals surface area contributed by atoms with Crippen molar-refractivity contribution in [2.75, 3.05) is 11.9 Å². The van der Waals surface area contributed by atoms with E-state index in [1.54, 1.807) is 18.0 Å². The van der Waals surface area contributed by atoms with Crippen LogP contribution in [0.15, 0.2) is 48.2 Å². The summed E-state index contributed by atoms with van der Waals surface area (Å²) in [5.41, 5.74) is 1.75. The van der Waals surface area contributed by atoms with Gasteiger partial charge in [0.05, 0.1) is 9.26 Å². The van der Waals surface area contributed by atoms with Crippen molar-refractivity contribution in [2.24, 2.45) is 0 Å². The summed E-state index contributed by atoms with van der Waals surface area (Å²) in [4.78, 5) is 16.0. The fourth-order valence-electron chi connectivity index (χ4n) is 2.40. The molecule has 1 aliphatic rings. The predicted octanol–water partition coefficient (Wildman–Crippen LogP) is 4.21. The van der Waals surface area contributed by atoms with Crippen LogP contribution in [0.4, 0.5) is 5.69 Å². The van der Waals surface area contributed by atoms with Crippen LogP contribution in [-0.2, 0) is 4.79 Å². The molecule has 1 amide bonds. The molecule has 0 unspecified atom stereocenters. The minimum absolute atomic E-state index is 0.161. The van der Waals surface area contributed by atoms with Crippen LogP contribution < -0.4 is 4.90 Å². The SMILES string of the molecule is CN1C(=S)N(c2ccccc2)C(=O)/C1=C/c1cc(I)cc(I)c1O. The minimum atomic E-state index is -0.207. The Balaban J connectivity index is 2.07. The van der Waals surface area contributed by atoms with E-state index in [4.69, 9.17) is 12.2 Å². The van der Waals surface area contributed by atoms with E-state index < -0.39 is 0 Å². The highest BCUT2D eigenvalue weighted by atomic mass is 127. The second-order valence-electron chi connectivity index (χ2n) is 5.17. The number of nitrogens with zero attached hydrogens (tertiary/aromatic N) is 2. The Kier molecular flexibility index (Phi) is 5.11. The molecule has 7 heteroatoms. The molecule has 2 aromatic carbocycles. The zero-order valence-corrected chi connectivity index (χ0v) is 17.7. The van der Waals surface area contributed by atoms with Crippen molar-refractivity contribution in [1.82, 2.24) is 4.90 Å². The normalized spacial score (nSPS) is 16.4. The Morgan fingerprint density at radius 1 is 1.17 bits per heavy atom. The van der Waals surface area contributed by atoms with Gasteiger partial charge >= 0.3 is 0 Å². The van der Waals surface area contributed by atoms with E-state index in [1.165, 1.54) is 4.90 Å². The topological polar surface area (TPSA) is 43.8 Å². The van der Waals surface area contributed by atoms with E-state index >= 15 is 0 Å². The van der Waals surface area contributed by atoms with Gasteiger partial charge in [0.25, 0.3) is 5.91 Å². The summed E-state index contributed by atoms with van der Waals surface area (Å²) >= 11 is 9.68. The second-order valence-corrected chi connectivity index (χ2v) is 7.95. The van der Waals surface area contributed by atoms with Crippen LogP contribution >= 0.6 is 57.4 Å². The van der Waals surface area contributed by atoms with Crippen LogP contribution in [0.2, 0.25) is 0 Å². The van der Waals surface area contributed by atoms with Crippen molar-refractivity contribution in [3.05, 3.63) is 60.9 Å². The highest BCUT2D eigenvalue weighted by Crippen LogP contribution is 2.32. The minimum Gasteiger partial charge on any atom is -0.506 e.